The van der Waals surface area contributed by atoms with Gasteiger partial charge in [-0.3, -0.25) is 9.59 Å². The van der Waals surface area contributed by atoms with Gasteiger partial charge in [-0.2, -0.15) is 0 Å². The zero-order valence-corrected chi connectivity index (χ0v) is 16.0. The number of carbonyl (C=O) groups excluding carboxylic acids is 2. The molecule has 2 aromatic rings. The van der Waals surface area contributed by atoms with Crippen molar-refractivity contribution in [3.63, 3.8) is 0 Å². The number of halogens is 2. The molecular weight excluding hydrogens is 448 g/mol. The van der Waals surface area contributed by atoms with E-state index in [0.717, 1.165) is 4.90 Å². The van der Waals surface area contributed by atoms with E-state index in [0.29, 0.717) is 25.2 Å². The molecule has 1 fully saturated rings. The lowest BCUT2D eigenvalue weighted by Crippen LogP contribution is -2.35. The van der Waals surface area contributed by atoms with E-state index in [1.807, 2.05) is 12.1 Å². The van der Waals surface area contributed by atoms with Crippen molar-refractivity contribution >= 4 is 63.3 Å². The zero-order valence-electron chi connectivity index (χ0n) is 12.9. The minimum atomic E-state index is -1.28. The number of imide groups is 1. The summed E-state index contributed by atoms with van der Waals surface area (Å²) in [6.45, 7) is -0.707. The van der Waals surface area contributed by atoms with Crippen molar-refractivity contribution in [2.45, 2.75) is 9.99 Å². The molecule has 1 aliphatic rings. The molecule has 1 aromatic carbocycles. The van der Waals surface area contributed by atoms with Crippen molar-refractivity contribution in [3.8, 4) is 0 Å². The molecule has 0 bridgehead atoms. The molecule has 0 saturated carbocycles. The van der Waals surface area contributed by atoms with Crippen LogP contribution < -0.4 is 5.32 Å². The first kappa shape index (κ1) is 18.6. The van der Waals surface area contributed by atoms with Crippen LogP contribution >= 0.6 is 39.3 Å². The number of hydrogen-bond acceptors (Lipinski definition) is 5. The Morgan fingerprint density at radius 1 is 1.35 bits per heavy atom. The monoisotopic (exact) mass is 456 g/mol. The molecule has 0 spiro atoms. The number of nitrogens with one attached hydrogen (secondary N) is 1. The second-order valence-corrected chi connectivity index (χ2v) is 7.45. The van der Waals surface area contributed by atoms with Gasteiger partial charge in [0.25, 0.3) is 5.91 Å². The van der Waals surface area contributed by atoms with E-state index >= 15 is 0 Å². The van der Waals surface area contributed by atoms with Crippen molar-refractivity contribution in [2.24, 2.45) is 0 Å². The molecule has 0 radical (unpaired) electrons. The van der Waals surface area contributed by atoms with Gasteiger partial charge in [-0.1, -0.05) is 23.4 Å². The molecule has 3 rings (SSSR count). The van der Waals surface area contributed by atoms with Crippen molar-refractivity contribution in [2.75, 3.05) is 6.54 Å². The van der Waals surface area contributed by atoms with E-state index in [4.69, 9.17) is 21.1 Å². The predicted octanol–water partition coefficient (Wildman–Crippen LogP) is 3.82. The van der Waals surface area contributed by atoms with Crippen LogP contribution in [0.1, 0.15) is 5.76 Å². The van der Waals surface area contributed by atoms with Crippen molar-refractivity contribution in [3.05, 3.63) is 51.3 Å². The fourth-order valence-electron chi connectivity index (χ4n) is 2.11. The molecule has 1 aromatic heterocycles. The third kappa shape index (κ3) is 4.12. The molecule has 0 unspecified atom stereocenters. The van der Waals surface area contributed by atoms with Crippen LogP contribution in [0.3, 0.4) is 0 Å². The van der Waals surface area contributed by atoms with Gasteiger partial charge in [-0.05, 0) is 46.3 Å². The minimum Gasteiger partial charge on any atom is -0.480 e. The fraction of sp³-hybridized carbons (Fsp3) is 0.0625. The number of aliphatic carboxylic acids is 1. The van der Waals surface area contributed by atoms with Crippen LogP contribution in [-0.4, -0.2) is 34.5 Å². The van der Waals surface area contributed by atoms with E-state index in [2.05, 4.69) is 21.2 Å². The maximum absolute atomic E-state index is 12.1. The van der Waals surface area contributed by atoms with Gasteiger partial charge >= 0.3 is 12.0 Å². The highest BCUT2D eigenvalue weighted by molar-refractivity contribution is 9.10. The summed E-state index contributed by atoms with van der Waals surface area (Å²) >= 11 is 10.6. The largest absolute Gasteiger partial charge is 0.480 e. The Labute approximate surface area is 165 Å². The lowest BCUT2D eigenvalue weighted by atomic mass is 10.3. The van der Waals surface area contributed by atoms with E-state index < -0.39 is 24.5 Å². The molecule has 0 atom stereocenters. The first-order valence-electron chi connectivity index (χ1n) is 7.12. The average molecular weight is 458 g/mol. The van der Waals surface area contributed by atoms with Gasteiger partial charge in [0.05, 0.1) is 4.47 Å². The van der Waals surface area contributed by atoms with E-state index in [9.17, 15) is 14.4 Å². The lowest BCUT2D eigenvalue weighted by molar-refractivity contribution is -0.140. The van der Waals surface area contributed by atoms with Gasteiger partial charge in [0.15, 0.2) is 5.09 Å². The maximum atomic E-state index is 12.1. The van der Waals surface area contributed by atoms with Crippen LogP contribution in [0.25, 0.3) is 6.08 Å². The minimum absolute atomic E-state index is 0.0551. The van der Waals surface area contributed by atoms with Gasteiger partial charge in [0, 0.05) is 16.0 Å². The highest BCUT2D eigenvalue weighted by Gasteiger charge is 2.35. The normalized spacial score (nSPS) is 15.6. The van der Waals surface area contributed by atoms with Crippen LogP contribution in [0, 0.1) is 0 Å². The lowest BCUT2D eigenvalue weighted by Gasteiger charge is -2.06. The molecule has 2 heterocycles. The fourth-order valence-corrected chi connectivity index (χ4v) is 3.57. The number of hydrogen-bond donors (Lipinski definition) is 2. The van der Waals surface area contributed by atoms with Crippen LogP contribution in [-0.2, 0) is 9.59 Å². The van der Waals surface area contributed by atoms with Crippen molar-refractivity contribution in [1.82, 2.24) is 10.2 Å². The standard InChI is InChI=1S/C16H10BrClN2O5S/c17-11-5-9(25-15(11)26-10-3-1-8(18)2-4-10)6-12-14(23)20(7-13(21)22)16(24)19-12/h1-6H,7H2,(H,19,24)(H,21,22)/b12-6+. The Kier molecular flexibility index (Phi) is 5.40. The second-order valence-electron chi connectivity index (χ2n) is 5.11. The number of nitrogens with zero attached hydrogens (tertiary/aromatic N) is 1. The summed E-state index contributed by atoms with van der Waals surface area (Å²) < 4.78 is 6.35. The first-order valence-corrected chi connectivity index (χ1v) is 9.11. The van der Waals surface area contributed by atoms with Crippen LogP contribution in [0.15, 0.2) is 54.9 Å². The summed E-state index contributed by atoms with van der Waals surface area (Å²) in [4.78, 5) is 36.0. The van der Waals surface area contributed by atoms with Gasteiger partial charge in [0.2, 0.25) is 0 Å². The molecule has 3 amide bonds. The summed E-state index contributed by atoms with van der Waals surface area (Å²) in [5.41, 5.74) is -0.0551. The number of urea groups is 1. The number of benzene rings is 1. The molecule has 134 valence electrons. The second kappa shape index (κ2) is 7.56. The summed E-state index contributed by atoms with van der Waals surface area (Å²) in [7, 11) is 0. The highest BCUT2D eigenvalue weighted by Crippen LogP contribution is 2.37. The Morgan fingerprint density at radius 2 is 2.04 bits per heavy atom. The zero-order chi connectivity index (χ0) is 18.8. The van der Waals surface area contributed by atoms with Gasteiger partial charge in [0.1, 0.15) is 18.0 Å². The molecule has 7 nitrogen and oxygen atoms in total. The van der Waals surface area contributed by atoms with Crippen molar-refractivity contribution in [1.29, 1.82) is 0 Å². The quantitative estimate of drug-likeness (QED) is 0.523. The number of carbonyl (C=O) groups is 3. The molecular formula is C16H10BrClN2O5S. The Hall–Kier alpha value is -2.23. The number of carboxylic acid groups (broad SMARTS) is 1. The topological polar surface area (TPSA) is 99.8 Å². The Morgan fingerprint density at radius 3 is 2.69 bits per heavy atom. The Balaban J connectivity index is 1.79. The van der Waals surface area contributed by atoms with E-state index in [1.165, 1.54) is 17.8 Å². The summed E-state index contributed by atoms with van der Waals surface area (Å²) in [6.07, 6.45) is 1.35. The number of furan rings is 1. The number of amides is 3. The van der Waals surface area contributed by atoms with Gasteiger partial charge in [-0.25, -0.2) is 9.69 Å². The number of rotatable bonds is 5. The van der Waals surface area contributed by atoms with Crippen LogP contribution in [0.4, 0.5) is 4.79 Å². The van der Waals surface area contributed by atoms with Gasteiger partial charge < -0.3 is 14.8 Å². The summed E-state index contributed by atoms with van der Waals surface area (Å²) in [5.74, 6) is -1.68. The SMILES string of the molecule is O=C(O)CN1C(=O)N/C(=C/c2cc(Br)c(Sc3ccc(Cl)cc3)o2)C1=O. The predicted molar refractivity (Wildman–Crippen MR) is 97.8 cm³/mol. The summed E-state index contributed by atoms with van der Waals surface area (Å²) in [6, 6.07) is 8.05. The third-order valence-electron chi connectivity index (χ3n) is 3.24. The Bertz CT molecular complexity index is 925. The first-order chi connectivity index (χ1) is 12.3. The highest BCUT2D eigenvalue weighted by atomic mass is 79.9. The molecule has 1 saturated heterocycles. The molecule has 2 N–H and O–H groups in total. The molecule has 10 heteroatoms. The molecule has 1 aliphatic heterocycles. The number of carboxylic acids is 1. The van der Waals surface area contributed by atoms with Gasteiger partial charge in [-0.15, -0.1) is 0 Å². The van der Waals surface area contributed by atoms with Crippen LogP contribution in [0.5, 0.6) is 0 Å². The van der Waals surface area contributed by atoms with E-state index in [-0.39, 0.29) is 5.70 Å². The van der Waals surface area contributed by atoms with Crippen molar-refractivity contribution < 1.29 is 23.9 Å². The average Bonchev–Trinajstić information content (AvgIpc) is 3.04. The third-order valence-corrected chi connectivity index (χ3v) is 5.34. The molecule has 0 aliphatic carbocycles. The smallest absolute Gasteiger partial charge is 0.329 e. The van der Waals surface area contributed by atoms with Crippen LogP contribution in [0.2, 0.25) is 5.02 Å². The van der Waals surface area contributed by atoms with E-state index in [1.54, 1.807) is 18.2 Å². The maximum Gasteiger partial charge on any atom is 0.329 e. The molecule has 26 heavy (non-hydrogen) atoms. The summed E-state index contributed by atoms with van der Waals surface area (Å²) in [5, 5.41) is 12.3.